The quantitative estimate of drug-likeness (QED) is 0.760. The van der Waals surface area contributed by atoms with Crippen LogP contribution in [-0.2, 0) is 13.5 Å². The molecular weight excluding hydrogens is 218 g/mol. The molecule has 0 unspecified atom stereocenters. The second-order valence-corrected chi connectivity index (χ2v) is 4.78. The summed E-state index contributed by atoms with van der Waals surface area (Å²) >= 11 is 1.72. The summed E-state index contributed by atoms with van der Waals surface area (Å²) in [7, 11) is 2.02. The summed E-state index contributed by atoms with van der Waals surface area (Å²) in [6.45, 7) is 2.12. The summed E-state index contributed by atoms with van der Waals surface area (Å²) in [6.07, 6.45) is 0.842. The van der Waals surface area contributed by atoms with Crippen molar-refractivity contribution in [3.63, 3.8) is 0 Å². The predicted molar refractivity (Wildman–Crippen MR) is 66.6 cm³/mol. The zero-order valence-corrected chi connectivity index (χ0v) is 10.4. The third kappa shape index (κ3) is 2.44. The third-order valence-electron chi connectivity index (χ3n) is 2.40. The van der Waals surface area contributed by atoms with Crippen molar-refractivity contribution < 1.29 is 0 Å². The summed E-state index contributed by atoms with van der Waals surface area (Å²) in [5.74, 6) is 2.04. The maximum absolute atomic E-state index is 4.22. The van der Waals surface area contributed by atoms with E-state index in [1.807, 2.05) is 25.2 Å². The van der Waals surface area contributed by atoms with Crippen LogP contribution in [0.4, 0.5) is 0 Å². The molecule has 0 aliphatic heterocycles. The van der Waals surface area contributed by atoms with Crippen LogP contribution >= 0.6 is 11.8 Å². The van der Waals surface area contributed by atoms with Crippen molar-refractivity contribution in [2.75, 3.05) is 5.75 Å². The van der Waals surface area contributed by atoms with E-state index in [9.17, 15) is 0 Å². The summed E-state index contributed by atoms with van der Waals surface area (Å²) in [6, 6.07) is 10.3. The van der Waals surface area contributed by atoms with Gasteiger partial charge in [0.05, 0.1) is 0 Å². The topological polar surface area (TPSA) is 30.7 Å². The molecule has 1 aromatic heterocycles. The highest BCUT2D eigenvalue weighted by Gasteiger charge is 2.08. The van der Waals surface area contributed by atoms with Crippen LogP contribution in [0.1, 0.15) is 18.3 Å². The Kier molecular flexibility index (Phi) is 3.62. The van der Waals surface area contributed by atoms with Gasteiger partial charge in [-0.1, -0.05) is 49.0 Å². The van der Waals surface area contributed by atoms with Crippen LogP contribution < -0.4 is 0 Å². The van der Waals surface area contributed by atoms with Crippen molar-refractivity contribution in [2.24, 2.45) is 7.05 Å². The van der Waals surface area contributed by atoms with Gasteiger partial charge in [0.25, 0.3) is 0 Å². The third-order valence-corrected chi connectivity index (χ3v) is 3.31. The van der Waals surface area contributed by atoms with Crippen LogP contribution in [0.3, 0.4) is 0 Å². The lowest BCUT2D eigenvalue weighted by Gasteiger charge is -2.02. The zero-order valence-electron chi connectivity index (χ0n) is 9.55. The molecular formula is C12H15N3S. The van der Waals surface area contributed by atoms with E-state index in [-0.39, 0.29) is 0 Å². The van der Waals surface area contributed by atoms with Crippen LogP contribution in [0.2, 0.25) is 0 Å². The first kappa shape index (κ1) is 11.2. The Hall–Kier alpha value is -1.29. The van der Waals surface area contributed by atoms with Gasteiger partial charge in [-0.15, -0.1) is 10.2 Å². The van der Waals surface area contributed by atoms with Gasteiger partial charge in [0.15, 0.2) is 5.16 Å². The molecule has 0 aliphatic rings. The van der Waals surface area contributed by atoms with E-state index in [2.05, 4.69) is 33.8 Å². The minimum absolute atomic E-state index is 0.842. The normalized spacial score (nSPS) is 10.6. The van der Waals surface area contributed by atoms with E-state index in [0.717, 1.165) is 23.2 Å². The lowest BCUT2D eigenvalue weighted by Crippen LogP contribution is -2.00. The Balaban J connectivity index is 2.16. The highest BCUT2D eigenvalue weighted by atomic mass is 32.2. The maximum Gasteiger partial charge on any atom is 0.190 e. The Morgan fingerprint density at radius 2 is 1.94 bits per heavy atom. The molecule has 0 spiro atoms. The smallest absolute Gasteiger partial charge is 0.190 e. The lowest BCUT2D eigenvalue weighted by atomic mass is 10.1. The van der Waals surface area contributed by atoms with Crippen molar-refractivity contribution in [3.05, 3.63) is 41.7 Å². The van der Waals surface area contributed by atoms with Gasteiger partial charge in [0.2, 0.25) is 0 Å². The number of nitrogens with zero attached hydrogens (tertiary/aromatic N) is 3. The van der Waals surface area contributed by atoms with Gasteiger partial charge in [0, 0.05) is 13.5 Å². The molecule has 2 rings (SSSR count). The van der Waals surface area contributed by atoms with Gasteiger partial charge in [-0.2, -0.15) is 0 Å². The molecule has 4 heteroatoms. The van der Waals surface area contributed by atoms with E-state index in [1.165, 1.54) is 5.56 Å². The molecule has 0 saturated heterocycles. The minimum Gasteiger partial charge on any atom is -0.309 e. The van der Waals surface area contributed by atoms with Crippen LogP contribution in [-0.4, -0.2) is 20.5 Å². The summed E-state index contributed by atoms with van der Waals surface area (Å²) in [4.78, 5) is 0. The minimum atomic E-state index is 0.842. The van der Waals surface area contributed by atoms with Crippen LogP contribution in [0.15, 0.2) is 35.5 Å². The first-order valence-electron chi connectivity index (χ1n) is 5.36. The molecule has 0 atom stereocenters. The van der Waals surface area contributed by atoms with Crippen molar-refractivity contribution in [1.82, 2.24) is 14.8 Å². The molecule has 1 aromatic carbocycles. The Labute approximate surface area is 99.9 Å². The number of hydrogen-bond acceptors (Lipinski definition) is 3. The molecule has 84 valence electrons. The fourth-order valence-electron chi connectivity index (χ4n) is 1.53. The van der Waals surface area contributed by atoms with E-state index >= 15 is 0 Å². The van der Waals surface area contributed by atoms with Crippen LogP contribution in [0.25, 0.3) is 0 Å². The van der Waals surface area contributed by atoms with Gasteiger partial charge < -0.3 is 4.57 Å². The number of hydrogen-bond donors (Lipinski definition) is 0. The molecule has 0 amide bonds. The summed E-state index contributed by atoms with van der Waals surface area (Å²) < 4.78 is 2.07. The van der Waals surface area contributed by atoms with Gasteiger partial charge >= 0.3 is 0 Å². The van der Waals surface area contributed by atoms with Crippen molar-refractivity contribution >= 4 is 11.8 Å². The molecule has 1 heterocycles. The summed E-state index contributed by atoms with van der Waals surface area (Å²) in [5, 5.41) is 9.39. The van der Waals surface area contributed by atoms with E-state index < -0.39 is 0 Å². The predicted octanol–water partition coefficient (Wildman–Crippen LogP) is 2.52. The van der Waals surface area contributed by atoms with Gasteiger partial charge in [-0.05, 0) is 11.3 Å². The monoisotopic (exact) mass is 233 g/mol. The van der Waals surface area contributed by atoms with Crippen LogP contribution in [0.5, 0.6) is 0 Å². The molecule has 0 aliphatic carbocycles. The lowest BCUT2D eigenvalue weighted by molar-refractivity contribution is 0.749. The molecule has 3 nitrogen and oxygen atoms in total. The number of aromatic nitrogens is 3. The fourth-order valence-corrected chi connectivity index (χ4v) is 2.19. The van der Waals surface area contributed by atoms with E-state index in [4.69, 9.17) is 0 Å². The number of benzene rings is 1. The van der Waals surface area contributed by atoms with Crippen molar-refractivity contribution in [1.29, 1.82) is 0 Å². The molecule has 0 fully saturated rings. The Morgan fingerprint density at radius 1 is 1.19 bits per heavy atom. The Morgan fingerprint density at radius 3 is 2.62 bits per heavy atom. The summed E-state index contributed by atoms with van der Waals surface area (Å²) in [5.41, 5.74) is 1.27. The molecule has 0 bridgehead atoms. The fraction of sp³-hybridized carbons (Fsp3) is 0.333. The van der Waals surface area contributed by atoms with E-state index in [0.29, 0.717) is 0 Å². The highest BCUT2D eigenvalue weighted by Crippen LogP contribution is 2.16. The molecule has 16 heavy (non-hydrogen) atoms. The number of rotatable bonds is 4. The van der Waals surface area contributed by atoms with Crippen molar-refractivity contribution in [3.8, 4) is 0 Å². The SMILES string of the molecule is CCSc1nnc(Cc2ccccc2)n1C. The largest absolute Gasteiger partial charge is 0.309 e. The molecule has 0 saturated carbocycles. The van der Waals surface area contributed by atoms with Crippen LogP contribution in [0, 0.1) is 0 Å². The van der Waals surface area contributed by atoms with Crippen molar-refractivity contribution in [2.45, 2.75) is 18.5 Å². The Bertz CT molecular complexity index is 451. The standard InChI is InChI=1S/C12H15N3S/c1-3-16-12-14-13-11(15(12)2)9-10-7-5-4-6-8-10/h4-8H,3,9H2,1-2H3. The molecule has 0 N–H and O–H groups in total. The first-order chi connectivity index (χ1) is 7.81. The first-order valence-corrected chi connectivity index (χ1v) is 6.34. The number of thioether (sulfide) groups is 1. The van der Waals surface area contributed by atoms with Gasteiger partial charge in [-0.25, -0.2) is 0 Å². The molecule has 2 aromatic rings. The molecule has 0 radical (unpaired) electrons. The second kappa shape index (κ2) is 5.16. The van der Waals surface area contributed by atoms with Gasteiger partial charge in [0.1, 0.15) is 5.82 Å². The maximum atomic E-state index is 4.22. The highest BCUT2D eigenvalue weighted by molar-refractivity contribution is 7.99. The zero-order chi connectivity index (χ0) is 11.4. The van der Waals surface area contributed by atoms with E-state index in [1.54, 1.807) is 11.8 Å². The second-order valence-electron chi connectivity index (χ2n) is 3.55. The average Bonchev–Trinajstić information content (AvgIpc) is 2.64. The average molecular weight is 233 g/mol. The van der Waals surface area contributed by atoms with Gasteiger partial charge in [-0.3, -0.25) is 0 Å².